The predicted octanol–water partition coefficient (Wildman–Crippen LogP) is 2.18. The van der Waals surface area contributed by atoms with Gasteiger partial charge in [0, 0.05) is 24.1 Å². The molecule has 0 aliphatic rings. The Kier molecular flexibility index (Phi) is 4.95. The molecule has 2 aromatic heterocycles. The molecule has 0 spiro atoms. The highest BCUT2D eigenvalue weighted by molar-refractivity contribution is 5.23. The van der Waals surface area contributed by atoms with Crippen LogP contribution in [0.15, 0.2) is 18.5 Å². The first kappa shape index (κ1) is 14.8. The lowest BCUT2D eigenvalue weighted by Crippen LogP contribution is -2.33. The number of nitrogens with zero attached hydrogens (tertiary/aromatic N) is 4. The van der Waals surface area contributed by atoms with Crippen molar-refractivity contribution in [2.45, 2.75) is 46.2 Å². The van der Waals surface area contributed by atoms with Crippen LogP contribution in [0, 0.1) is 13.8 Å². The molecule has 0 radical (unpaired) electrons. The lowest BCUT2D eigenvalue weighted by atomic mass is 10.1. The summed E-state index contributed by atoms with van der Waals surface area (Å²) in [6, 6.07) is 2.46. The summed E-state index contributed by atoms with van der Waals surface area (Å²) in [6.07, 6.45) is 6.09. The van der Waals surface area contributed by atoms with E-state index >= 15 is 0 Å². The topological polar surface area (TPSA) is 49.7 Å². The molecule has 0 saturated carbocycles. The summed E-state index contributed by atoms with van der Waals surface area (Å²) in [7, 11) is 2.18. The van der Waals surface area contributed by atoms with Crippen molar-refractivity contribution in [2.75, 3.05) is 13.6 Å². The Bertz CT molecular complexity index is 495. The minimum atomic E-state index is 0.487. The smallest absolute Gasteiger partial charge is 0.0625 e. The van der Waals surface area contributed by atoms with Crippen LogP contribution in [0.5, 0.6) is 0 Å². The van der Waals surface area contributed by atoms with Gasteiger partial charge in [0.2, 0.25) is 0 Å². The third kappa shape index (κ3) is 3.70. The van der Waals surface area contributed by atoms with Crippen LogP contribution < -0.4 is 0 Å². The first-order valence-corrected chi connectivity index (χ1v) is 7.26. The minimum Gasteiger partial charge on any atom is -0.302 e. The molecular formula is C15H25N5. The van der Waals surface area contributed by atoms with E-state index < -0.39 is 0 Å². The summed E-state index contributed by atoms with van der Waals surface area (Å²) < 4.78 is 1.99. The number of nitrogens with one attached hydrogen (secondary N) is 1. The van der Waals surface area contributed by atoms with Crippen LogP contribution in [0.1, 0.15) is 30.3 Å². The number of aryl methyl sites for hydroxylation is 2. The van der Waals surface area contributed by atoms with Crippen LogP contribution in [0.25, 0.3) is 0 Å². The maximum absolute atomic E-state index is 4.26. The Labute approximate surface area is 121 Å². The fraction of sp³-hybridized carbons (Fsp3) is 0.600. The summed E-state index contributed by atoms with van der Waals surface area (Å²) in [5.74, 6) is 0. The molecule has 2 aromatic rings. The highest BCUT2D eigenvalue weighted by Gasteiger charge is 2.11. The van der Waals surface area contributed by atoms with Crippen LogP contribution in [0.3, 0.4) is 0 Å². The Morgan fingerprint density at radius 1 is 1.40 bits per heavy atom. The first-order valence-electron chi connectivity index (χ1n) is 7.26. The monoisotopic (exact) mass is 275 g/mol. The largest absolute Gasteiger partial charge is 0.302 e. The molecule has 0 aromatic carbocycles. The molecule has 0 fully saturated rings. The molecule has 0 bridgehead atoms. The van der Waals surface area contributed by atoms with Crippen LogP contribution in [0.4, 0.5) is 0 Å². The fourth-order valence-corrected chi connectivity index (χ4v) is 2.49. The lowest BCUT2D eigenvalue weighted by molar-refractivity contribution is 0.227. The quantitative estimate of drug-likeness (QED) is 0.842. The van der Waals surface area contributed by atoms with E-state index in [1.807, 2.05) is 23.1 Å². The molecule has 1 atom stereocenters. The second-order valence-corrected chi connectivity index (χ2v) is 5.57. The Hall–Kier alpha value is -1.62. The highest BCUT2D eigenvalue weighted by Crippen LogP contribution is 2.12. The Morgan fingerprint density at radius 3 is 2.80 bits per heavy atom. The van der Waals surface area contributed by atoms with Crippen molar-refractivity contribution in [1.82, 2.24) is 24.9 Å². The average molecular weight is 275 g/mol. The second kappa shape index (κ2) is 6.70. The van der Waals surface area contributed by atoms with E-state index in [-0.39, 0.29) is 0 Å². The van der Waals surface area contributed by atoms with Gasteiger partial charge >= 0.3 is 0 Å². The zero-order chi connectivity index (χ0) is 14.5. The van der Waals surface area contributed by atoms with Gasteiger partial charge in [-0.05, 0) is 58.8 Å². The maximum Gasteiger partial charge on any atom is 0.0625 e. The average Bonchev–Trinajstić information content (AvgIpc) is 3.02. The standard InChI is InChI=1S/C15H25N5/c1-12(11-20-10-6-8-16-20)19(4)9-5-7-15-13(2)17-18-14(15)3/h6,8,10,12H,5,7,9,11H2,1-4H3,(H,17,18). The van der Waals surface area contributed by atoms with E-state index in [9.17, 15) is 0 Å². The van der Waals surface area contributed by atoms with Gasteiger partial charge in [-0.2, -0.15) is 10.2 Å². The number of hydrogen-bond donors (Lipinski definition) is 1. The minimum absolute atomic E-state index is 0.487. The molecule has 1 N–H and O–H groups in total. The fourth-order valence-electron chi connectivity index (χ4n) is 2.49. The SMILES string of the molecule is Cc1n[nH]c(C)c1CCCN(C)C(C)Cn1cccn1. The molecule has 110 valence electrons. The second-order valence-electron chi connectivity index (χ2n) is 5.57. The molecule has 2 rings (SSSR count). The van der Waals surface area contributed by atoms with E-state index in [0.717, 1.165) is 31.6 Å². The molecule has 20 heavy (non-hydrogen) atoms. The number of rotatable bonds is 7. The van der Waals surface area contributed by atoms with Gasteiger partial charge in [-0.15, -0.1) is 0 Å². The van der Waals surface area contributed by atoms with Gasteiger partial charge in [-0.25, -0.2) is 0 Å². The van der Waals surface area contributed by atoms with Gasteiger partial charge in [0.1, 0.15) is 0 Å². The number of hydrogen-bond acceptors (Lipinski definition) is 3. The maximum atomic E-state index is 4.26. The van der Waals surface area contributed by atoms with Gasteiger partial charge in [-0.3, -0.25) is 9.78 Å². The summed E-state index contributed by atoms with van der Waals surface area (Å²) in [6.45, 7) is 8.44. The Balaban J connectivity index is 1.76. The molecule has 1 unspecified atom stereocenters. The zero-order valence-corrected chi connectivity index (χ0v) is 12.9. The van der Waals surface area contributed by atoms with Crippen molar-refractivity contribution in [3.8, 4) is 0 Å². The zero-order valence-electron chi connectivity index (χ0n) is 12.9. The molecule has 5 nitrogen and oxygen atoms in total. The van der Waals surface area contributed by atoms with Crippen molar-refractivity contribution in [3.05, 3.63) is 35.4 Å². The first-order chi connectivity index (χ1) is 9.58. The molecule has 0 saturated heterocycles. The van der Waals surface area contributed by atoms with Gasteiger partial charge in [0.05, 0.1) is 12.2 Å². The number of H-pyrrole nitrogens is 1. The van der Waals surface area contributed by atoms with Crippen LogP contribution >= 0.6 is 0 Å². The third-order valence-electron chi connectivity index (χ3n) is 3.98. The Morgan fingerprint density at radius 2 is 2.20 bits per heavy atom. The summed E-state index contributed by atoms with van der Waals surface area (Å²) in [5.41, 5.74) is 3.71. The molecule has 5 heteroatoms. The van der Waals surface area contributed by atoms with Gasteiger partial charge in [0.15, 0.2) is 0 Å². The molecule has 0 aliphatic carbocycles. The van der Waals surface area contributed by atoms with Crippen molar-refractivity contribution in [1.29, 1.82) is 0 Å². The van der Waals surface area contributed by atoms with Crippen LogP contribution in [-0.4, -0.2) is 44.5 Å². The van der Waals surface area contributed by atoms with Crippen molar-refractivity contribution >= 4 is 0 Å². The highest BCUT2D eigenvalue weighted by atomic mass is 15.3. The van der Waals surface area contributed by atoms with E-state index in [2.05, 4.69) is 48.0 Å². The molecule has 2 heterocycles. The summed E-state index contributed by atoms with van der Waals surface area (Å²) in [5, 5.41) is 11.6. The van der Waals surface area contributed by atoms with Gasteiger partial charge in [-0.1, -0.05) is 0 Å². The normalized spacial score (nSPS) is 13.1. The predicted molar refractivity (Wildman–Crippen MR) is 80.7 cm³/mol. The van der Waals surface area contributed by atoms with Crippen molar-refractivity contribution in [2.24, 2.45) is 0 Å². The lowest BCUT2D eigenvalue weighted by Gasteiger charge is -2.24. The molecule has 0 aliphatic heterocycles. The van der Waals surface area contributed by atoms with Crippen molar-refractivity contribution < 1.29 is 0 Å². The van der Waals surface area contributed by atoms with Crippen LogP contribution in [0.2, 0.25) is 0 Å². The van der Waals surface area contributed by atoms with Gasteiger partial charge in [0.25, 0.3) is 0 Å². The van der Waals surface area contributed by atoms with E-state index in [1.165, 1.54) is 11.3 Å². The summed E-state index contributed by atoms with van der Waals surface area (Å²) >= 11 is 0. The number of aromatic nitrogens is 4. The number of aromatic amines is 1. The number of likely N-dealkylation sites (N-methyl/N-ethyl adjacent to an activating group) is 1. The van der Waals surface area contributed by atoms with E-state index in [0.29, 0.717) is 6.04 Å². The van der Waals surface area contributed by atoms with E-state index in [1.54, 1.807) is 0 Å². The summed E-state index contributed by atoms with van der Waals surface area (Å²) in [4.78, 5) is 2.40. The van der Waals surface area contributed by atoms with Crippen molar-refractivity contribution in [3.63, 3.8) is 0 Å². The third-order valence-corrected chi connectivity index (χ3v) is 3.98. The van der Waals surface area contributed by atoms with E-state index in [4.69, 9.17) is 0 Å². The molecular weight excluding hydrogens is 250 g/mol. The van der Waals surface area contributed by atoms with Gasteiger partial charge < -0.3 is 4.90 Å². The molecule has 0 amide bonds. The van der Waals surface area contributed by atoms with Crippen LogP contribution in [-0.2, 0) is 13.0 Å².